The predicted octanol–water partition coefficient (Wildman–Crippen LogP) is 5.20. The lowest BCUT2D eigenvalue weighted by molar-refractivity contribution is -0.140. The number of sulfonamides is 1. The van der Waals surface area contributed by atoms with Crippen molar-refractivity contribution in [3.05, 3.63) is 95.0 Å². The average molecular weight is 612 g/mol. The number of ether oxygens (including phenoxy) is 1. The molecule has 2 amide bonds. The zero-order valence-electron chi connectivity index (χ0n) is 24.0. The predicted molar refractivity (Wildman–Crippen MR) is 166 cm³/mol. The Bertz CT molecular complexity index is 1460. The van der Waals surface area contributed by atoms with Crippen LogP contribution < -0.4 is 14.4 Å². The Morgan fingerprint density at radius 1 is 0.952 bits per heavy atom. The number of amides is 2. The number of rotatable bonds is 12. The topological polar surface area (TPSA) is 96.0 Å². The van der Waals surface area contributed by atoms with Gasteiger partial charge >= 0.3 is 0 Å². The van der Waals surface area contributed by atoms with E-state index in [1.165, 1.54) is 4.90 Å². The van der Waals surface area contributed by atoms with Gasteiger partial charge in [-0.1, -0.05) is 85.5 Å². The van der Waals surface area contributed by atoms with E-state index in [4.69, 9.17) is 16.3 Å². The fourth-order valence-corrected chi connectivity index (χ4v) is 6.46. The summed E-state index contributed by atoms with van der Waals surface area (Å²) in [5.41, 5.74) is 1.83. The molecule has 0 saturated heterocycles. The third kappa shape index (κ3) is 8.49. The summed E-state index contributed by atoms with van der Waals surface area (Å²) in [7, 11) is -2.34. The van der Waals surface area contributed by atoms with Crippen molar-refractivity contribution in [2.45, 2.75) is 57.2 Å². The normalized spacial score (nSPS) is 14.5. The molecule has 1 aliphatic rings. The molecular formula is C32H38ClN3O5S. The molecule has 0 bridgehead atoms. The standard InChI is InChI=1S/C32H38ClN3O5S/c1-41-27-17-11-14-25(20-27)22-35(31(37)23-36(42(2,39)40)29-19-10-9-18-28(29)33)30(21-24-12-5-3-6-13-24)32(38)34-26-15-7-4-8-16-26/h3,5-6,9-14,17-20,26,30H,4,7-8,15-16,21-23H2,1-2H3,(H,34,38). The van der Waals surface area contributed by atoms with Crippen LogP contribution in [-0.4, -0.2) is 57.1 Å². The first-order valence-corrected chi connectivity index (χ1v) is 16.4. The Hall–Kier alpha value is -3.56. The molecule has 224 valence electrons. The zero-order chi connectivity index (χ0) is 30.1. The Labute approximate surface area is 253 Å². The number of para-hydroxylation sites is 1. The number of nitrogens with one attached hydrogen (secondary N) is 1. The first kappa shape index (κ1) is 31.4. The molecule has 1 atom stereocenters. The summed E-state index contributed by atoms with van der Waals surface area (Å²) < 4.78 is 32.3. The summed E-state index contributed by atoms with van der Waals surface area (Å²) in [4.78, 5) is 29.7. The molecule has 3 aromatic carbocycles. The first-order chi connectivity index (χ1) is 20.2. The fourth-order valence-electron chi connectivity index (χ4n) is 5.31. The maximum atomic E-state index is 14.2. The van der Waals surface area contributed by atoms with E-state index in [1.54, 1.807) is 43.5 Å². The molecule has 3 aromatic rings. The number of carbonyl (C=O) groups excluding carboxylic acids is 2. The number of hydrogen-bond acceptors (Lipinski definition) is 5. The van der Waals surface area contributed by atoms with Crippen LogP contribution in [0.1, 0.15) is 43.2 Å². The Balaban J connectivity index is 1.74. The maximum Gasteiger partial charge on any atom is 0.244 e. The van der Waals surface area contributed by atoms with E-state index in [9.17, 15) is 18.0 Å². The van der Waals surface area contributed by atoms with Gasteiger partial charge in [0.1, 0.15) is 18.3 Å². The SMILES string of the molecule is COc1cccc(CN(C(=O)CN(c2ccccc2Cl)S(C)(=O)=O)C(Cc2ccccc2)C(=O)NC2CCCCC2)c1. The van der Waals surface area contributed by atoms with Crippen LogP contribution in [-0.2, 0) is 32.6 Å². The van der Waals surface area contributed by atoms with Crippen molar-refractivity contribution in [1.29, 1.82) is 0 Å². The van der Waals surface area contributed by atoms with Gasteiger partial charge in [0.2, 0.25) is 21.8 Å². The maximum absolute atomic E-state index is 14.2. The molecule has 1 saturated carbocycles. The van der Waals surface area contributed by atoms with Crippen molar-refractivity contribution in [3.8, 4) is 5.75 Å². The lowest BCUT2D eigenvalue weighted by Gasteiger charge is -2.35. The van der Waals surface area contributed by atoms with E-state index in [2.05, 4.69) is 5.32 Å². The molecule has 0 radical (unpaired) electrons. The van der Waals surface area contributed by atoms with Gasteiger partial charge in [0, 0.05) is 19.0 Å². The molecule has 0 aliphatic heterocycles. The van der Waals surface area contributed by atoms with E-state index in [-0.39, 0.29) is 35.6 Å². The van der Waals surface area contributed by atoms with E-state index >= 15 is 0 Å². The minimum absolute atomic E-state index is 0.0361. The highest BCUT2D eigenvalue weighted by Crippen LogP contribution is 2.28. The van der Waals surface area contributed by atoms with Gasteiger partial charge in [0.05, 0.1) is 24.1 Å². The van der Waals surface area contributed by atoms with E-state index in [1.807, 2.05) is 42.5 Å². The molecule has 0 heterocycles. The fraction of sp³-hybridized carbons (Fsp3) is 0.375. The third-order valence-electron chi connectivity index (χ3n) is 7.51. The van der Waals surface area contributed by atoms with Crippen molar-refractivity contribution in [1.82, 2.24) is 10.2 Å². The summed E-state index contributed by atoms with van der Waals surface area (Å²) in [5.74, 6) is -0.173. The van der Waals surface area contributed by atoms with Gasteiger partial charge in [-0.25, -0.2) is 8.42 Å². The van der Waals surface area contributed by atoms with Crippen LogP contribution in [0, 0.1) is 0 Å². The van der Waals surface area contributed by atoms with Gasteiger partial charge in [-0.05, 0) is 48.2 Å². The summed E-state index contributed by atoms with van der Waals surface area (Å²) in [5, 5.41) is 3.40. The van der Waals surface area contributed by atoms with Crippen LogP contribution in [0.25, 0.3) is 0 Å². The second-order valence-electron chi connectivity index (χ2n) is 10.6. The highest BCUT2D eigenvalue weighted by Gasteiger charge is 2.34. The summed E-state index contributed by atoms with van der Waals surface area (Å²) >= 11 is 6.37. The Kier molecular flexibility index (Phi) is 10.9. The molecule has 8 nitrogen and oxygen atoms in total. The number of carbonyl (C=O) groups is 2. The molecule has 42 heavy (non-hydrogen) atoms. The number of benzene rings is 3. The number of hydrogen-bond donors (Lipinski definition) is 1. The summed E-state index contributed by atoms with van der Waals surface area (Å²) in [6.07, 6.45) is 6.31. The zero-order valence-corrected chi connectivity index (χ0v) is 25.6. The van der Waals surface area contributed by atoms with Crippen LogP contribution >= 0.6 is 11.6 Å². The van der Waals surface area contributed by atoms with Crippen LogP contribution in [0.2, 0.25) is 5.02 Å². The highest BCUT2D eigenvalue weighted by molar-refractivity contribution is 7.92. The Morgan fingerprint density at radius 3 is 2.29 bits per heavy atom. The van der Waals surface area contributed by atoms with E-state index in [0.29, 0.717) is 5.75 Å². The van der Waals surface area contributed by atoms with Crippen molar-refractivity contribution < 1.29 is 22.7 Å². The average Bonchev–Trinajstić information content (AvgIpc) is 2.98. The van der Waals surface area contributed by atoms with Crippen LogP contribution in [0.5, 0.6) is 5.75 Å². The molecule has 1 fully saturated rings. The number of halogens is 1. The van der Waals surface area contributed by atoms with Gasteiger partial charge < -0.3 is 15.0 Å². The second kappa shape index (κ2) is 14.6. The lowest BCUT2D eigenvalue weighted by atomic mass is 9.94. The number of anilines is 1. The molecule has 0 spiro atoms. The van der Waals surface area contributed by atoms with Gasteiger partial charge in [-0.15, -0.1) is 0 Å². The van der Waals surface area contributed by atoms with E-state index < -0.39 is 28.5 Å². The van der Waals surface area contributed by atoms with Gasteiger partial charge in [-0.3, -0.25) is 13.9 Å². The second-order valence-corrected chi connectivity index (χ2v) is 13.0. The minimum atomic E-state index is -3.90. The third-order valence-corrected chi connectivity index (χ3v) is 8.96. The smallest absolute Gasteiger partial charge is 0.244 e. The molecule has 1 aliphatic carbocycles. The lowest BCUT2D eigenvalue weighted by Crippen LogP contribution is -2.55. The van der Waals surface area contributed by atoms with E-state index in [0.717, 1.165) is 53.8 Å². The molecule has 10 heteroatoms. The summed E-state index contributed by atoms with van der Waals surface area (Å²) in [6, 6.07) is 22.4. The van der Waals surface area contributed by atoms with Crippen molar-refractivity contribution in [2.75, 3.05) is 24.2 Å². The van der Waals surface area contributed by atoms with Gasteiger partial charge in [0.25, 0.3) is 0 Å². The van der Waals surface area contributed by atoms with Crippen LogP contribution in [0.3, 0.4) is 0 Å². The first-order valence-electron chi connectivity index (χ1n) is 14.1. The molecule has 1 unspecified atom stereocenters. The number of methoxy groups -OCH3 is 1. The Morgan fingerprint density at radius 2 is 1.62 bits per heavy atom. The quantitative estimate of drug-likeness (QED) is 0.304. The largest absolute Gasteiger partial charge is 0.497 e. The van der Waals surface area contributed by atoms with Gasteiger partial charge in [-0.2, -0.15) is 0 Å². The molecular weight excluding hydrogens is 574 g/mol. The monoisotopic (exact) mass is 611 g/mol. The molecule has 1 N–H and O–H groups in total. The van der Waals surface area contributed by atoms with Gasteiger partial charge in [0.15, 0.2) is 0 Å². The van der Waals surface area contributed by atoms with Crippen molar-refractivity contribution in [2.24, 2.45) is 0 Å². The van der Waals surface area contributed by atoms with Crippen molar-refractivity contribution in [3.63, 3.8) is 0 Å². The van der Waals surface area contributed by atoms with Crippen molar-refractivity contribution >= 4 is 39.1 Å². The summed E-state index contributed by atoms with van der Waals surface area (Å²) in [6.45, 7) is -0.444. The molecule has 0 aromatic heterocycles. The highest BCUT2D eigenvalue weighted by atomic mass is 35.5. The van der Waals surface area contributed by atoms with Crippen LogP contribution in [0.4, 0.5) is 5.69 Å². The molecule has 4 rings (SSSR count). The van der Waals surface area contributed by atoms with Crippen LogP contribution in [0.15, 0.2) is 78.9 Å². The minimum Gasteiger partial charge on any atom is -0.497 e. The number of nitrogens with zero attached hydrogens (tertiary/aromatic N) is 2.